The van der Waals surface area contributed by atoms with Crippen LogP contribution in [0, 0.1) is 5.92 Å². The molecule has 10 N–H and O–H groups in total. The number of hydrogen-bond acceptors (Lipinski definition) is 6. The number of aliphatic carboxylic acids is 1. The molecule has 0 aromatic carbocycles. The monoisotopic (exact) mass is 401 g/mol. The molecule has 12 nitrogen and oxygen atoms in total. The quantitative estimate of drug-likeness (QED) is 0.103. The normalized spacial score (nSPS) is 13.8. The fraction of sp³-hybridized carbons (Fsp3) is 0.688. The Kier molecular flexibility index (Phi) is 11.2. The van der Waals surface area contributed by atoms with Gasteiger partial charge in [-0.1, -0.05) is 13.8 Å². The average Bonchev–Trinajstić information content (AvgIpc) is 2.60. The van der Waals surface area contributed by atoms with E-state index in [1.165, 1.54) is 6.92 Å². The van der Waals surface area contributed by atoms with Crippen LogP contribution in [0.4, 0.5) is 0 Å². The van der Waals surface area contributed by atoms with Crippen molar-refractivity contribution in [3.8, 4) is 0 Å². The van der Waals surface area contributed by atoms with E-state index in [0.717, 1.165) is 0 Å². The second-order valence-corrected chi connectivity index (χ2v) is 6.57. The number of carboxylic acid groups (broad SMARTS) is 1. The summed E-state index contributed by atoms with van der Waals surface area (Å²) >= 11 is 0. The van der Waals surface area contributed by atoms with Crippen LogP contribution in [0.25, 0.3) is 0 Å². The van der Waals surface area contributed by atoms with E-state index in [4.69, 9.17) is 22.3 Å². The molecule has 0 rings (SSSR count). The van der Waals surface area contributed by atoms with E-state index in [1.807, 2.05) is 0 Å². The average molecular weight is 401 g/mol. The summed E-state index contributed by atoms with van der Waals surface area (Å²) < 4.78 is 0. The van der Waals surface area contributed by atoms with Gasteiger partial charge in [0.05, 0.1) is 6.54 Å². The topological polar surface area (TPSA) is 215 Å². The number of nitrogens with zero attached hydrogens (tertiary/aromatic N) is 1. The van der Waals surface area contributed by atoms with Gasteiger partial charge in [0.15, 0.2) is 5.96 Å². The van der Waals surface area contributed by atoms with Gasteiger partial charge in [-0.25, -0.2) is 4.79 Å². The number of hydrogen-bond donors (Lipinski definition) is 7. The number of carboxylic acids is 1. The summed E-state index contributed by atoms with van der Waals surface area (Å²) in [5, 5.41) is 16.4. The Hall–Kier alpha value is -2.89. The van der Waals surface area contributed by atoms with Crippen LogP contribution in [0.5, 0.6) is 0 Å². The van der Waals surface area contributed by atoms with Gasteiger partial charge < -0.3 is 38.3 Å². The highest BCUT2D eigenvalue weighted by atomic mass is 16.4. The van der Waals surface area contributed by atoms with E-state index < -0.39 is 41.8 Å². The molecule has 0 bridgehead atoms. The van der Waals surface area contributed by atoms with E-state index in [1.54, 1.807) is 13.8 Å². The van der Waals surface area contributed by atoms with Crippen molar-refractivity contribution in [2.24, 2.45) is 28.1 Å². The lowest BCUT2D eigenvalue weighted by molar-refractivity contribution is -0.143. The lowest BCUT2D eigenvalue weighted by atomic mass is 10.0. The first-order chi connectivity index (χ1) is 13.0. The molecule has 0 saturated carbocycles. The minimum Gasteiger partial charge on any atom is -0.480 e. The van der Waals surface area contributed by atoms with E-state index in [0.29, 0.717) is 6.42 Å². The molecule has 28 heavy (non-hydrogen) atoms. The van der Waals surface area contributed by atoms with Gasteiger partial charge in [-0.15, -0.1) is 0 Å². The number of amides is 3. The zero-order chi connectivity index (χ0) is 21.9. The van der Waals surface area contributed by atoms with E-state index in [-0.39, 0.29) is 31.4 Å². The number of rotatable bonds is 12. The van der Waals surface area contributed by atoms with Crippen LogP contribution in [-0.2, 0) is 19.2 Å². The number of aliphatic imine (C=N–C) groups is 1. The SMILES string of the molecule is CC(NC(=O)C(CCCN=C(N)N)NC(=O)CN)C(=O)NC(C(=O)O)C(C)C. The molecule has 0 heterocycles. The first-order valence-corrected chi connectivity index (χ1v) is 8.87. The Balaban J connectivity index is 4.91. The van der Waals surface area contributed by atoms with Gasteiger partial charge in [0.1, 0.15) is 18.1 Å². The van der Waals surface area contributed by atoms with Gasteiger partial charge in [0, 0.05) is 6.54 Å². The summed E-state index contributed by atoms with van der Waals surface area (Å²) in [7, 11) is 0. The first-order valence-electron chi connectivity index (χ1n) is 8.87. The molecule has 12 heteroatoms. The molecule has 0 saturated heterocycles. The van der Waals surface area contributed by atoms with Gasteiger partial charge >= 0.3 is 5.97 Å². The molecular weight excluding hydrogens is 370 g/mol. The van der Waals surface area contributed by atoms with Crippen molar-refractivity contribution in [1.82, 2.24) is 16.0 Å². The molecule has 0 radical (unpaired) electrons. The van der Waals surface area contributed by atoms with Gasteiger partial charge in [0.2, 0.25) is 17.7 Å². The maximum absolute atomic E-state index is 12.4. The summed E-state index contributed by atoms with van der Waals surface area (Å²) in [5.74, 6) is -3.39. The third kappa shape index (κ3) is 9.71. The van der Waals surface area contributed by atoms with Crippen LogP contribution in [0.15, 0.2) is 4.99 Å². The Morgan fingerprint density at radius 1 is 1.00 bits per heavy atom. The number of carbonyl (C=O) groups is 4. The number of nitrogens with two attached hydrogens (primary N) is 3. The lowest BCUT2D eigenvalue weighted by Crippen LogP contribution is -2.55. The molecule has 0 aromatic heterocycles. The molecule has 0 aliphatic rings. The van der Waals surface area contributed by atoms with Crippen LogP contribution in [0.1, 0.15) is 33.6 Å². The van der Waals surface area contributed by atoms with Crippen molar-refractivity contribution in [3.63, 3.8) is 0 Å². The van der Waals surface area contributed by atoms with Crippen LogP contribution in [0.3, 0.4) is 0 Å². The summed E-state index contributed by atoms with van der Waals surface area (Å²) in [5.41, 5.74) is 15.7. The standard InChI is InChI=1S/C16H31N7O5/c1-8(2)12(15(27)28)23-13(25)9(3)21-14(26)10(22-11(24)7-17)5-4-6-20-16(18)19/h8-10,12H,4-7,17H2,1-3H3,(H,21,26)(H,22,24)(H,23,25)(H,27,28)(H4,18,19,20). The predicted octanol–water partition coefficient (Wildman–Crippen LogP) is -2.79. The van der Waals surface area contributed by atoms with Crippen molar-refractivity contribution in [1.29, 1.82) is 0 Å². The van der Waals surface area contributed by atoms with Crippen molar-refractivity contribution in [3.05, 3.63) is 0 Å². The number of guanidine groups is 1. The lowest BCUT2D eigenvalue weighted by Gasteiger charge is -2.23. The van der Waals surface area contributed by atoms with Gasteiger partial charge in [-0.05, 0) is 25.7 Å². The number of nitrogens with one attached hydrogen (secondary N) is 3. The van der Waals surface area contributed by atoms with Crippen molar-refractivity contribution in [2.75, 3.05) is 13.1 Å². The minimum atomic E-state index is -1.17. The second kappa shape index (κ2) is 12.5. The van der Waals surface area contributed by atoms with Crippen molar-refractivity contribution < 1.29 is 24.3 Å². The molecule has 3 unspecified atom stereocenters. The molecule has 160 valence electrons. The molecular formula is C16H31N7O5. The highest BCUT2D eigenvalue weighted by Crippen LogP contribution is 2.03. The van der Waals surface area contributed by atoms with Crippen molar-refractivity contribution in [2.45, 2.75) is 51.7 Å². The van der Waals surface area contributed by atoms with Crippen LogP contribution >= 0.6 is 0 Å². The Bertz CT molecular complexity index is 590. The van der Waals surface area contributed by atoms with Crippen LogP contribution in [0.2, 0.25) is 0 Å². The number of carbonyl (C=O) groups excluding carboxylic acids is 3. The molecule has 0 spiro atoms. The Morgan fingerprint density at radius 2 is 1.61 bits per heavy atom. The summed E-state index contributed by atoms with van der Waals surface area (Å²) in [6.45, 7) is 4.67. The minimum absolute atomic E-state index is 0.0876. The summed E-state index contributed by atoms with van der Waals surface area (Å²) in [4.78, 5) is 51.2. The first kappa shape index (κ1) is 25.1. The van der Waals surface area contributed by atoms with Crippen LogP contribution in [-0.4, -0.2) is 66.0 Å². The smallest absolute Gasteiger partial charge is 0.326 e. The molecule has 0 aliphatic carbocycles. The molecule has 3 amide bonds. The maximum atomic E-state index is 12.4. The molecule has 0 fully saturated rings. The van der Waals surface area contributed by atoms with E-state index in [9.17, 15) is 19.2 Å². The molecule has 0 aliphatic heterocycles. The zero-order valence-corrected chi connectivity index (χ0v) is 16.4. The van der Waals surface area contributed by atoms with Gasteiger partial charge in [-0.3, -0.25) is 19.4 Å². The molecule has 0 aromatic rings. The maximum Gasteiger partial charge on any atom is 0.326 e. The predicted molar refractivity (Wildman–Crippen MR) is 103 cm³/mol. The fourth-order valence-electron chi connectivity index (χ4n) is 2.20. The third-order valence-electron chi connectivity index (χ3n) is 3.76. The van der Waals surface area contributed by atoms with E-state index in [2.05, 4.69) is 20.9 Å². The summed E-state index contributed by atoms with van der Waals surface area (Å²) in [6, 6.07) is -3.04. The Labute approximate surface area is 163 Å². The highest BCUT2D eigenvalue weighted by Gasteiger charge is 2.28. The van der Waals surface area contributed by atoms with Crippen molar-refractivity contribution >= 4 is 29.7 Å². The van der Waals surface area contributed by atoms with Crippen LogP contribution < -0.4 is 33.2 Å². The zero-order valence-electron chi connectivity index (χ0n) is 16.4. The van der Waals surface area contributed by atoms with Gasteiger partial charge in [-0.2, -0.15) is 0 Å². The van der Waals surface area contributed by atoms with E-state index >= 15 is 0 Å². The molecule has 3 atom stereocenters. The third-order valence-corrected chi connectivity index (χ3v) is 3.76. The second-order valence-electron chi connectivity index (χ2n) is 6.57. The Morgan fingerprint density at radius 3 is 2.07 bits per heavy atom. The fourth-order valence-corrected chi connectivity index (χ4v) is 2.20. The summed E-state index contributed by atoms with van der Waals surface area (Å²) in [6.07, 6.45) is 0.613. The van der Waals surface area contributed by atoms with Gasteiger partial charge in [0.25, 0.3) is 0 Å². The highest BCUT2D eigenvalue weighted by molar-refractivity contribution is 5.93. The largest absolute Gasteiger partial charge is 0.480 e.